The van der Waals surface area contributed by atoms with Gasteiger partial charge in [0.2, 0.25) is 0 Å². The van der Waals surface area contributed by atoms with Crippen molar-refractivity contribution in [1.29, 1.82) is 0 Å². The third-order valence-corrected chi connectivity index (χ3v) is 5.01. The Morgan fingerprint density at radius 3 is 2.52 bits per heavy atom. The smallest absolute Gasteiger partial charge is 0.348 e. The number of nitrogens with one attached hydrogen (secondary N) is 2. The van der Waals surface area contributed by atoms with Crippen LogP contribution in [-0.2, 0) is 9.47 Å². The Kier molecular flexibility index (Phi) is 7.52. The molecule has 0 aromatic carbocycles. The van der Waals surface area contributed by atoms with Crippen LogP contribution in [0.15, 0.2) is 18.3 Å². The lowest BCUT2D eigenvalue weighted by atomic mass is 10.1. The number of anilines is 2. The SMILES string of the molecule is CCOC(=O)c1sc(NC(=S)Nc2cccnc2Cl)c(C(=O)OCC)c1C. The van der Waals surface area contributed by atoms with Crippen LogP contribution in [0.3, 0.4) is 0 Å². The molecule has 144 valence electrons. The number of pyridine rings is 1. The van der Waals surface area contributed by atoms with Gasteiger partial charge in [0.1, 0.15) is 9.88 Å². The van der Waals surface area contributed by atoms with E-state index in [1.54, 1.807) is 39.1 Å². The molecular weight excluding hydrogens is 410 g/mol. The summed E-state index contributed by atoms with van der Waals surface area (Å²) in [6.45, 7) is 5.51. The zero-order valence-corrected chi connectivity index (χ0v) is 17.3. The second-order valence-corrected chi connectivity index (χ2v) is 6.91. The molecule has 2 heterocycles. The van der Waals surface area contributed by atoms with Gasteiger partial charge in [-0.15, -0.1) is 11.3 Å². The summed E-state index contributed by atoms with van der Waals surface area (Å²) in [5, 5.41) is 6.65. The van der Waals surface area contributed by atoms with Crippen molar-refractivity contribution in [1.82, 2.24) is 4.98 Å². The molecule has 0 amide bonds. The van der Waals surface area contributed by atoms with Crippen LogP contribution < -0.4 is 10.6 Å². The highest BCUT2D eigenvalue weighted by Gasteiger charge is 2.26. The number of nitrogens with zero attached hydrogens (tertiary/aromatic N) is 1. The standard InChI is InChI=1S/C17H18ClN3O4S2/c1-4-24-15(22)11-9(3)12(16(23)25-5-2)27-14(11)21-17(26)20-10-7-6-8-19-13(10)18/h6-8H,4-5H2,1-3H3,(H2,20,21,26). The summed E-state index contributed by atoms with van der Waals surface area (Å²) in [5.74, 6) is -1.06. The van der Waals surface area contributed by atoms with Crippen LogP contribution in [0.2, 0.25) is 5.15 Å². The monoisotopic (exact) mass is 427 g/mol. The zero-order valence-electron chi connectivity index (χ0n) is 14.9. The first-order chi connectivity index (χ1) is 12.9. The lowest BCUT2D eigenvalue weighted by molar-refractivity contribution is 0.0527. The fourth-order valence-electron chi connectivity index (χ4n) is 2.18. The highest BCUT2D eigenvalue weighted by molar-refractivity contribution is 7.80. The van der Waals surface area contributed by atoms with E-state index in [2.05, 4.69) is 15.6 Å². The molecule has 0 saturated heterocycles. The zero-order chi connectivity index (χ0) is 20.0. The largest absolute Gasteiger partial charge is 0.462 e. The number of thiocarbonyl (C=S) groups is 1. The Morgan fingerprint density at radius 1 is 1.22 bits per heavy atom. The van der Waals surface area contributed by atoms with E-state index < -0.39 is 11.9 Å². The van der Waals surface area contributed by atoms with Gasteiger partial charge in [-0.1, -0.05) is 11.6 Å². The van der Waals surface area contributed by atoms with Crippen LogP contribution in [0, 0.1) is 6.92 Å². The Balaban J connectivity index is 2.32. The molecule has 0 saturated carbocycles. The number of rotatable bonds is 6. The van der Waals surface area contributed by atoms with E-state index in [1.807, 2.05) is 0 Å². The lowest BCUT2D eigenvalue weighted by Crippen LogP contribution is -2.20. The van der Waals surface area contributed by atoms with Crippen LogP contribution in [0.1, 0.15) is 39.4 Å². The molecule has 0 unspecified atom stereocenters. The van der Waals surface area contributed by atoms with Gasteiger partial charge in [0.15, 0.2) is 10.3 Å². The lowest BCUT2D eigenvalue weighted by Gasteiger charge is -2.11. The summed E-state index contributed by atoms with van der Waals surface area (Å²) in [6, 6.07) is 3.41. The van der Waals surface area contributed by atoms with Crippen molar-refractivity contribution in [2.75, 3.05) is 23.8 Å². The van der Waals surface area contributed by atoms with E-state index in [1.165, 1.54) is 0 Å². The van der Waals surface area contributed by atoms with Gasteiger partial charge in [0, 0.05) is 6.20 Å². The first-order valence-corrected chi connectivity index (χ1v) is 9.65. The number of esters is 2. The molecule has 0 aliphatic rings. The second kappa shape index (κ2) is 9.63. The van der Waals surface area contributed by atoms with Crippen LogP contribution in [-0.4, -0.2) is 35.2 Å². The Bertz CT molecular complexity index is 870. The topological polar surface area (TPSA) is 89.5 Å². The molecule has 0 radical (unpaired) electrons. The van der Waals surface area contributed by atoms with E-state index in [-0.39, 0.29) is 29.0 Å². The quantitative estimate of drug-likeness (QED) is 0.401. The fourth-order valence-corrected chi connectivity index (χ4v) is 3.71. The number of carbonyl (C=O) groups is 2. The molecule has 2 aromatic rings. The predicted octanol–water partition coefficient (Wildman–Crippen LogP) is 4.27. The molecule has 0 aliphatic carbocycles. The van der Waals surface area contributed by atoms with Crippen molar-refractivity contribution in [2.45, 2.75) is 20.8 Å². The summed E-state index contributed by atoms with van der Waals surface area (Å²) in [7, 11) is 0. The maximum atomic E-state index is 12.4. The Labute approximate surface area is 171 Å². The minimum Gasteiger partial charge on any atom is -0.462 e. The number of ether oxygens (including phenoxy) is 2. The number of hydrogen-bond acceptors (Lipinski definition) is 7. The summed E-state index contributed by atoms with van der Waals surface area (Å²) in [6.07, 6.45) is 1.55. The van der Waals surface area contributed by atoms with E-state index in [9.17, 15) is 9.59 Å². The average Bonchev–Trinajstić information content (AvgIpc) is 2.93. The highest BCUT2D eigenvalue weighted by atomic mass is 35.5. The molecule has 0 spiro atoms. The van der Waals surface area contributed by atoms with Gasteiger partial charge in [0.05, 0.1) is 24.5 Å². The highest BCUT2D eigenvalue weighted by Crippen LogP contribution is 2.34. The van der Waals surface area contributed by atoms with Crippen molar-refractivity contribution < 1.29 is 19.1 Å². The Hall–Kier alpha value is -2.23. The van der Waals surface area contributed by atoms with Crippen LogP contribution in [0.5, 0.6) is 0 Å². The van der Waals surface area contributed by atoms with Crippen molar-refractivity contribution in [3.05, 3.63) is 39.5 Å². The number of aromatic nitrogens is 1. The maximum absolute atomic E-state index is 12.4. The molecular formula is C17H18ClN3O4S2. The minimum atomic E-state index is -0.550. The summed E-state index contributed by atoms with van der Waals surface area (Å²) in [5.41, 5.74) is 1.22. The van der Waals surface area contributed by atoms with Crippen molar-refractivity contribution in [3.8, 4) is 0 Å². The number of carbonyl (C=O) groups excluding carboxylic acids is 2. The number of hydrogen-bond donors (Lipinski definition) is 2. The molecule has 0 atom stereocenters. The molecule has 0 fully saturated rings. The average molecular weight is 428 g/mol. The number of thiophene rings is 1. The van der Waals surface area contributed by atoms with Crippen molar-refractivity contribution >= 4 is 62.9 Å². The maximum Gasteiger partial charge on any atom is 0.348 e. The summed E-state index contributed by atoms with van der Waals surface area (Å²) >= 11 is 12.4. The normalized spacial score (nSPS) is 10.2. The number of halogens is 1. The molecule has 2 aromatic heterocycles. The van der Waals surface area contributed by atoms with Gasteiger partial charge in [-0.05, 0) is 50.7 Å². The second-order valence-electron chi connectivity index (χ2n) is 5.12. The minimum absolute atomic E-state index is 0.187. The van der Waals surface area contributed by atoms with Gasteiger partial charge in [-0.25, -0.2) is 14.6 Å². The molecule has 27 heavy (non-hydrogen) atoms. The Morgan fingerprint density at radius 2 is 1.89 bits per heavy atom. The molecule has 0 aliphatic heterocycles. The van der Waals surface area contributed by atoms with E-state index in [4.69, 9.17) is 33.3 Å². The molecule has 7 nitrogen and oxygen atoms in total. The van der Waals surface area contributed by atoms with Gasteiger partial charge in [-0.3, -0.25) is 0 Å². The van der Waals surface area contributed by atoms with E-state index >= 15 is 0 Å². The fraction of sp³-hybridized carbons (Fsp3) is 0.294. The molecule has 0 bridgehead atoms. The summed E-state index contributed by atoms with van der Waals surface area (Å²) < 4.78 is 10.2. The molecule has 2 rings (SSSR count). The first kappa shape index (κ1) is 21.1. The van der Waals surface area contributed by atoms with Crippen LogP contribution >= 0.6 is 35.2 Å². The van der Waals surface area contributed by atoms with E-state index in [0.717, 1.165) is 11.3 Å². The first-order valence-electron chi connectivity index (χ1n) is 8.05. The van der Waals surface area contributed by atoms with Gasteiger partial charge in [0.25, 0.3) is 0 Å². The third-order valence-electron chi connectivity index (χ3n) is 3.32. The summed E-state index contributed by atoms with van der Waals surface area (Å²) in [4.78, 5) is 28.8. The third kappa shape index (κ3) is 5.15. The predicted molar refractivity (Wildman–Crippen MR) is 110 cm³/mol. The van der Waals surface area contributed by atoms with Crippen molar-refractivity contribution in [3.63, 3.8) is 0 Å². The van der Waals surface area contributed by atoms with Crippen LogP contribution in [0.25, 0.3) is 0 Å². The van der Waals surface area contributed by atoms with Gasteiger partial charge >= 0.3 is 11.9 Å². The van der Waals surface area contributed by atoms with Crippen LogP contribution in [0.4, 0.5) is 10.7 Å². The van der Waals surface area contributed by atoms with Gasteiger partial charge < -0.3 is 20.1 Å². The van der Waals surface area contributed by atoms with Gasteiger partial charge in [-0.2, -0.15) is 0 Å². The van der Waals surface area contributed by atoms with Crippen molar-refractivity contribution in [2.24, 2.45) is 0 Å². The molecule has 2 N–H and O–H groups in total. The van der Waals surface area contributed by atoms with E-state index in [0.29, 0.717) is 21.1 Å². The molecule has 10 heteroatoms.